The Balaban J connectivity index is 2.08. The van der Waals surface area contributed by atoms with Crippen molar-refractivity contribution in [3.63, 3.8) is 0 Å². The maximum Gasteiger partial charge on any atom is 0.163 e. The van der Waals surface area contributed by atoms with E-state index in [1.54, 1.807) is 17.5 Å². The number of nitrogens with one attached hydrogen (secondary N) is 1. The molecule has 0 bridgehead atoms. The molecule has 2 aromatic rings. The van der Waals surface area contributed by atoms with Gasteiger partial charge in [0.2, 0.25) is 0 Å². The van der Waals surface area contributed by atoms with Gasteiger partial charge in [-0.05, 0) is 40.2 Å². The number of nitrogens with zero attached hydrogens (tertiary/aromatic N) is 2. The van der Waals surface area contributed by atoms with Gasteiger partial charge in [-0.25, -0.2) is 4.98 Å². The molecule has 0 aliphatic rings. The fraction of sp³-hybridized carbons (Fsp3) is 0.0909. The highest BCUT2D eigenvalue weighted by Crippen LogP contribution is 2.23. The maximum absolute atomic E-state index is 8.86. The summed E-state index contributed by atoms with van der Waals surface area (Å²) in [7, 11) is 0. The van der Waals surface area contributed by atoms with E-state index in [1.807, 2.05) is 24.3 Å². The zero-order chi connectivity index (χ0) is 11.4. The molecule has 0 amide bonds. The van der Waals surface area contributed by atoms with E-state index < -0.39 is 0 Å². The van der Waals surface area contributed by atoms with Crippen LogP contribution in [0.15, 0.2) is 34.2 Å². The van der Waals surface area contributed by atoms with Crippen LogP contribution in [0.25, 0.3) is 0 Å². The van der Waals surface area contributed by atoms with Gasteiger partial charge in [-0.2, -0.15) is 5.26 Å². The lowest BCUT2D eigenvalue weighted by molar-refractivity contribution is 1.16. The third-order valence-electron chi connectivity index (χ3n) is 2.00. The molecule has 1 N–H and O–H groups in total. The van der Waals surface area contributed by atoms with Crippen LogP contribution in [0.2, 0.25) is 0 Å². The Labute approximate surface area is 106 Å². The van der Waals surface area contributed by atoms with E-state index >= 15 is 0 Å². The second kappa shape index (κ2) is 5.10. The van der Waals surface area contributed by atoms with Crippen molar-refractivity contribution in [2.75, 3.05) is 5.32 Å². The summed E-state index contributed by atoms with van der Waals surface area (Å²) in [6.07, 6.45) is 1.62. The Morgan fingerprint density at radius 3 is 3.00 bits per heavy atom. The van der Waals surface area contributed by atoms with E-state index in [0.29, 0.717) is 12.2 Å². The average molecular weight is 294 g/mol. The van der Waals surface area contributed by atoms with Crippen molar-refractivity contribution < 1.29 is 0 Å². The van der Waals surface area contributed by atoms with Gasteiger partial charge in [0.25, 0.3) is 0 Å². The molecule has 0 fully saturated rings. The fourth-order valence-electron chi connectivity index (χ4n) is 1.27. The summed E-state index contributed by atoms with van der Waals surface area (Å²) >= 11 is 5.08. The van der Waals surface area contributed by atoms with Crippen molar-refractivity contribution in [1.82, 2.24) is 4.98 Å². The van der Waals surface area contributed by atoms with Crippen molar-refractivity contribution in [3.8, 4) is 6.07 Å². The summed E-state index contributed by atoms with van der Waals surface area (Å²) in [6, 6.07) is 9.78. The largest absolute Gasteiger partial charge is 0.378 e. The minimum Gasteiger partial charge on any atom is -0.378 e. The van der Waals surface area contributed by atoms with E-state index in [2.05, 4.69) is 32.3 Å². The Bertz CT molecular complexity index is 530. The van der Waals surface area contributed by atoms with Crippen molar-refractivity contribution in [2.45, 2.75) is 6.54 Å². The van der Waals surface area contributed by atoms with Gasteiger partial charge >= 0.3 is 0 Å². The van der Waals surface area contributed by atoms with Crippen molar-refractivity contribution >= 4 is 33.0 Å². The van der Waals surface area contributed by atoms with E-state index in [0.717, 1.165) is 9.47 Å². The Morgan fingerprint density at radius 1 is 1.44 bits per heavy atom. The standard InChI is InChI=1S/C11H8BrN3S/c12-11-4-3-8(16-11)7-15-9-2-1-5-14-10(9)6-13/h1-5,15H,7H2. The summed E-state index contributed by atoms with van der Waals surface area (Å²) in [4.78, 5) is 5.19. The monoisotopic (exact) mass is 293 g/mol. The minimum atomic E-state index is 0.429. The Kier molecular flexibility index (Phi) is 3.54. The highest BCUT2D eigenvalue weighted by Gasteiger charge is 2.02. The molecule has 0 unspecified atom stereocenters. The minimum absolute atomic E-state index is 0.429. The van der Waals surface area contributed by atoms with Crippen LogP contribution in [-0.4, -0.2) is 4.98 Å². The molecule has 0 spiro atoms. The molecule has 16 heavy (non-hydrogen) atoms. The van der Waals surface area contributed by atoms with Crippen LogP contribution in [0.3, 0.4) is 0 Å². The van der Waals surface area contributed by atoms with Crippen LogP contribution in [0.5, 0.6) is 0 Å². The molecular weight excluding hydrogens is 286 g/mol. The Morgan fingerprint density at radius 2 is 2.31 bits per heavy atom. The quantitative estimate of drug-likeness (QED) is 0.944. The molecule has 3 nitrogen and oxygen atoms in total. The van der Waals surface area contributed by atoms with Crippen LogP contribution >= 0.6 is 27.3 Å². The van der Waals surface area contributed by atoms with Gasteiger partial charge in [-0.15, -0.1) is 11.3 Å². The van der Waals surface area contributed by atoms with Crippen molar-refractivity contribution in [1.29, 1.82) is 5.26 Å². The number of anilines is 1. The first-order valence-corrected chi connectivity index (χ1v) is 6.24. The lowest BCUT2D eigenvalue weighted by Gasteiger charge is -2.05. The van der Waals surface area contributed by atoms with E-state index in [9.17, 15) is 0 Å². The van der Waals surface area contributed by atoms with Gasteiger partial charge in [0, 0.05) is 17.6 Å². The summed E-state index contributed by atoms with van der Waals surface area (Å²) in [5.74, 6) is 0. The smallest absolute Gasteiger partial charge is 0.163 e. The van der Waals surface area contributed by atoms with Crippen molar-refractivity contribution in [3.05, 3.63) is 44.8 Å². The number of aromatic nitrogens is 1. The molecule has 2 heterocycles. The number of rotatable bonds is 3. The van der Waals surface area contributed by atoms with Crippen LogP contribution in [0.1, 0.15) is 10.6 Å². The number of halogens is 1. The number of nitriles is 1. The van der Waals surface area contributed by atoms with Gasteiger partial charge in [0.05, 0.1) is 9.47 Å². The molecule has 0 aromatic carbocycles. The summed E-state index contributed by atoms with van der Waals surface area (Å²) in [5.41, 5.74) is 1.20. The average Bonchev–Trinajstić information content (AvgIpc) is 2.73. The molecule has 0 aliphatic carbocycles. The zero-order valence-corrected chi connectivity index (χ0v) is 10.7. The molecule has 0 radical (unpaired) electrons. The van der Waals surface area contributed by atoms with Crippen LogP contribution < -0.4 is 5.32 Å². The van der Waals surface area contributed by atoms with E-state index in [1.165, 1.54) is 4.88 Å². The highest BCUT2D eigenvalue weighted by atomic mass is 79.9. The number of thiophene rings is 1. The Hall–Kier alpha value is -1.38. The topological polar surface area (TPSA) is 48.7 Å². The third kappa shape index (κ3) is 2.60. The second-order valence-electron chi connectivity index (χ2n) is 3.07. The summed E-state index contributed by atoms with van der Waals surface area (Å²) < 4.78 is 1.11. The number of pyridine rings is 1. The molecule has 2 aromatic heterocycles. The molecular formula is C11H8BrN3S. The van der Waals surface area contributed by atoms with Gasteiger partial charge in [0.1, 0.15) is 6.07 Å². The van der Waals surface area contributed by atoms with Crippen LogP contribution in [0.4, 0.5) is 5.69 Å². The van der Waals surface area contributed by atoms with E-state index in [-0.39, 0.29) is 0 Å². The molecule has 0 saturated heterocycles. The first kappa shape index (κ1) is 11.1. The van der Waals surface area contributed by atoms with Gasteiger partial charge in [0.15, 0.2) is 5.69 Å². The fourth-order valence-corrected chi connectivity index (χ4v) is 2.69. The third-order valence-corrected chi connectivity index (χ3v) is 3.62. The SMILES string of the molecule is N#Cc1ncccc1NCc1ccc(Br)s1. The predicted molar refractivity (Wildman–Crippen MR) is 68.3 cm³/mol. The van der Waals surface area contributed by atoms with Gasteiger partial charge < -0.3 is 5.32 Å². The van der Waals surface area contributed by atoms with Gasteiger partial charge in [-0.1, -0.05) is 0 Å². The van der Waals surface area contributed by atoms with E-state index in [4.69, 9.17) is 5.26 Å². The molecule has 0 atom stereocenters. The molecule has 0 saturated carbocycles. The summed E-state index contributed by atoms with van der Waals surface area (Å²) in [5, 5.41) is 12.1. The second-order valence-corrected chi connectivity index (χ2v) is 5.62. The normalized spacial score (nSPS) is 9.75. The molecule has 2 rings (SSSR count). The maximum atomic E-state index is 8.86. The van der Waals surface area contributed by atoms with Crippen LogP contribution in [-0.2, 0) is 6.54 Å². The lowest BCUT2D eigenvalue weighted by Crippen LogP contribution is -2.00. The van der Waals surface area contributed by atoms with Crippen molar-refractivity contribution in [2.24, 2.45) is 0 Å². The molecule has 80 valence electrons. The highest BCUT2D eigenvalue weighted by molar-refractivity contribution is 9.11. The first-order valence-electron chi connectivity index (χ1n) is 4.63. The van der Waals surface area contributed by atoms with Gasteiger partial charge in [-0.3, -0.25) is 0 Å². The first-order chi connectivity index (χ1) is 7.79. The zero-order valence-electron chi connectivity index (χ0n) is 8.27. The summed E-state index contributed by atoms with van der Waals surface area (Å²) in [6.45, 7) is 0.705. The lowest BCUT2D eigenvalue weighted by atomic mass is 10.3. The predicted octanol–water partition coefficient (Wildman–Crippen LogP) is 3.39. The van der Waals surface area contributed by atoms with Crippen LogP contribution in [0, 0.1) is 11.3 Å². The number of hydrogen-bond donors (Lipinski definition) is 1. The molecule has 0 aliphatic heterocycles. The number of hydrogen-bond acceptors (Lipinski definition) is 4. The molecule has 5 heteroatoms.